The Hall–Kier alpha value is -4.96. The summed E-state index contributed by atoms with van der Waals surface area (Å²) in [6, 6.07) is 37.6. The minimum atomic E-state index is 0.410. The Morgan fingerprint density at radius 3 is 2.21 bits per heavy atom. The number of allylic oxidation sites excluding steroid dienone is 1. The maximum atomic E-state index is 8.70. The van der Waals surface area contributed by atoms with E-state index in [-0.39, 0.29) is 0 Å². The molecular formula is C34H28N4. The minimum Gasteiger partial charge on any atom is -0.308 e. The highest BCUT2D eigenvalue weighted by atomic mass is 15.3. The predicted octanol–water partition coefficient (Wildman–Crippen LogP) is 8.79. The first-order valence-corrected chi connectivity index (χ1v) is 12.7. The molecule has 0 unspecified atom stereocenters. The van der Waals surface area contributed by atoms with Gasteiger partial charge in [-0.05, 0) is 66.8 Å². The summed E-state index contributed by atoms with van der Waals surface area (Å²) in [5.74, 6) is 0. The molecule has 2 N–H and O–H groups in total. The van der Waals surface area contributed by atoms with Gasteiger partial charge in [0.05, 0.1) is 22.8 Å². The van der Waals surface area contributed by atoms with E-state index in [0.29, 0.717) is 11.4 Å². The molecule has 0 atom stereocenters. The zero-order chi connectivity index (χ0) is 26.1. The SMILES string of the molecule is Cc1ccc(N(c2ccccc2N/N=C2/C=Cc3ccccc3C2=N)c2ccc(C)c3ccccc23)cc1. The fourth-order valence-corrected chi connectivity index (χ4v) is 4.97. The summed E-state index contributed by atoms with van der Waals surface area (Å²) < 4.78 is 0. The van der Waals surface area contributed by atoms with Gasteiger partial charge >= 0.3 is 0 Å². The normalized spacial score (nSPS) is 13.5. The molecule has 0 amide bonds. The van der Waals surface area contributed by atoms with Crippen LogP contribution in [-0.4, -0.2) is 11.4 Å². The molecule has 38 heavy (non-hydrogen) atoms. The van der Waals surface area contributed by atoms with Crippen molar-refractivity contribution in [3.63, 3.8) is 0 Å². The third-order valence-corrected chi connectivity index (χ3v) is 7.00. The lowest BCUT2D eigenvalue weighted by atomic mass is 9.94. The van der Waals surface area contributed by atoms with Crippen LogP contribution in [0.15, 0.2) is 120 Å². The maximum absolute atomic E-state index is 8.70. The van der Waals surface area contributed by atoms with E-state index in [1.807, 2.05) is 54.6 Å². The van der Waals surface area contributed by atoms with Gasteiger partial charge in [0.25, 0.3) is 0 Å². The molecule has 0 aromatic heterocycles. The molecule has 5 aromatic carbocycles. The molecule has 0 saturated carbocycles. The van der Waals surface area contributed by atoms with Crippen molar-refractivity contribution >= 4 is 51.0 Å². The molecule has 0 radical (unpaired) electrons. The Balaban J connectivity index is 1.47. The molecule has 1 aliphatic rings. The van der Waals surface area contributed by atoms with Crippen molar-refractivity contribution in [2.45, 2.75) is 13.8 Å². The van der Waals surface area contributed by atoms with E-state index >= 15 is 0 Å². The second kappa shape index (κ2) is 9.83. The monoisotopic (exact) mass is 492 g/mol. The molecule has 6 rings (SSSR count). The van der Waals surface area contributed by atoms with Crippen LogP contribution in [0.4, 0.5) is 22.7 Å². The van der Waals surface area contributed by atoms with Crippen molar-refractivity contribution < 1.29 is 0 Å². The second-order valence-electron chi connectivity index (χ2n) is 9.54. The summed E-state index contributed by atoms with van der Waals surface area (Å²) in [6.07, 6.45) is 3.91. The smallest absolute Gasteiger partial charge is 0.109 e. The lowest BCUT2D eigenvalue weighted by molar-refractivity contribution is 1.25. The van der Waals surface area contributed by atoms with Crippen LogP contribution >= 0.6 is 0 Å². The number of anilines is 4. The number of hydrogen-bond donors (Lipinski definition) is 2. The third-order valence-electron chi connectivity index (χ3n) is 7.00. The van der Waals surface area contributed by atoms with Gasteiger partial charge in [-0.15, -0.1) is 0 Å². The summed E-state index contributed by atoms with van der Waals surface area (Å²) in [5.41, 5.74) is 12.7. The Morgan fingerprint density at radius 2 is 1.37 bits per heavy atom. The van der Waals surface area contributed by atoms with Crippen molar-refractivity contribution in [2.75, 3.05) is 10.3 Å². The minimum absolute atomic E-state index is 0.410. The van der Waals surface area contributed by atoms with Crippen molar-refractivity contribution in [1.82, 2.24) is 0 Å². The zero-order valence-electron chi connectivity index (χ0n) is 21.4. The molecule has 4 nitrogen and oxygen atoms in total. The summed E-state index contributed by atoms with van der Waals surface area (Å²) in [7, 11) is 0. The Labute approximate surface area is 223 Å². The lowest BCUT2D eigenvalue weighted by Gasteiger charge is -2.29. The van der Waals surface area contributed by atoms with Gasteiger partial charge in [0, 0.05) is 16.6 Å². The van der Waals surface area contributed by atoms with Crippen LogP contribution in [0.5, 0.6) is 0 Å². The first-order valence-electron chi connectivity index (χ1n) is 12.7. The van der Waals surface area contributed by atoms with E-state index in [0.717, 1.165) is 33.9 Å². The van der Waals surface area contributed by atoms with Gasteiger partial charge in [-0.3, -0.25) is 10.8 Å². The van der Waals surface area contributed by atoms with Crippen molar-refractivity contribution in [3.8, 4) is 0 Å². The quantitative estimate of drug-likeness (QED) is 0.241. The lowest BCUT2D eigenvalue weighted by Crippen LogP contribution is -2.18. The summed E-state index contributed by atoms with van der Waals surface area (Å²) in [5, 5.41) is 15.8. The van der Waals surface area contributed by atoms with E-state index in [9.17, 15) is 0 Å². The van der Waals surface area contributed by atoms with Crippen LogP contribution < -0.4 is 10.3 Å². The van der Waals surface area contributed by atoms with Gasteiger partial charge in [0.15, 0.2) is 0 Å². The highest BCUT2D eigenvalue weighted by molar-refractivity contribution is 6.53. The van der Waals surface area contributed by atoms with E-state index in [4.69, 9.17) is 5.41 Å². The average molecular weight is 493 g/mol. The summed E-state index contributed by atoms with van der Waals surface area (Å²) in [6.45, 7) is 4.25. The molecule has 1 aliphatic carbocycles. The van der Waals surface area contributed by atoms with Crippen LogP contribution in [0.3, 0.4) is 0 Å². The number of hydrogen-bond acceptors (Lipinski definition) is 4. The number of fused-ring (bicyclic) bond motifs is 2. The van der Waals surface area contributed by atoms with Gasteiger partial charge in [-0.25, -0.2) is 0 Å². The zero-order valence-corrected chi connectivity index (χ0v) is 21.4. The third kappa shape index (κ3) is 4.27. The molecule has 0 bridgehead atoms. The van der Waals surface area contributed by atoms with Gasteiger partial charge in [0.2, 0.25) is 0 Å². The molecule has 0 spiro atoms. The fourth-order valence-electron chi connectivity index (χ4n) is 4.97. The van der Waals surface area contributed by atoms with Crippen molar-refractivity contribution in [1.29, 1.82) is 5.41 Å². The highest BCUT2D eigenvalue weighted by Gasteiger charge is 2.20. The van der Waals surface area contributed by atoms with Crippen LogP contribution in [0, 0.1) is 19.3 Å². The Kier molecular flexibility index (Phi) is 6.06. The molecule has 0 saturated heterocycles. The van der Waals surface area contributed by atoms with Gasteiger partial charge in [-0.1, -0.05) is 90.5 Å². The van der Waals surface area contributed by atoms with Crippen molar-refractivity contribution in [3.05, 3.63) is 138 Å². The van der Waals surface area contributed by atoms with Crippen LogP contribution in [0.1, 0.15) is 22.3 Å². The first-order chi connectivity index (χ1) is 18.6. The number of nitrogens with zero attached hydrogens (tertiary/aromatic N) is 2. The molecular weight excluding hydrogens is 464 g/mol. The number of hydrazone groups is 1. The van der Waals surface area contributed by atoms with Gasteiger partial charge in [0.1, 0.15) is 5.71 Å². The van der Waals surface area contributed by atoms with Crippen LogP contribution in [0.2, 0.25) is 0 Å². The standard InChI is InChI=1S/C34H28N4/c1-23-15-19-26(20-16-23)38(32-22-17-24(2)27-10-5-6-12-29(27)32)33-14-8-7-13-30(33)36-37-31-21-18-25-9-3-4-11-28(25)34(31)35/h3-22,35-36H,1-2H3/b35-34?,37-31-. The Bertz CT molecular complexity index is 1730. The van der Waals surface area contributed by atoms with Gasteiger partial charge < -0.3 is 4.90 Å². The average Bonchev–Trinajstić information content (AvgIpc) is 2.96. The molecule has 184 valence electrons. The number of rotatable bonds is 5. The second-order valence-corrected chi connectivity index (χ2v) is 9.54. The molecule has 0 fully saturated rings. The number of benzene rings is 5. The molecule has 5 aromatic rings. The number of para-hydroxylation sites is 2. The maximum Gasteiger partial charge on any atom is 0.109 e. The molecule has 0 aliphatic heterocycles. The van der Waals surface area contributed by atoms with E-state index in [1.165, 1.54) is 21.9 Å². The molecule has 0 heterocycles. The first kappa shape index (κ1) is 23.4. The molecule has 4 heteroatoms. The van der Waals surface area contributed by atoms with Crippen molar-refractivity contribution in [2.24, 2.45) is 5.10 Å². The Morgan fingerprint density at radius 1 is 0.658 bits per heavy atom. The van der Waals surface area contributed by atoms with Crippen LogP contribution in [-0.2, 0) is 0 Å². The highest BCUT2D eigenvalue weighted by Crippen LogP contribution is 2.42. The van der Waals surface area contributed by atoms with E-state index < -0.39 is 0 Å². The summed E-state index contributed by atoms with van der Waals surface area (Å²) >= 11 is 0. The van der Waals surface area contributed by atoms with E-state index in [1.54, 1.807) is 0 Å². The van der Waals surface area contributed by atoms with Crippen LogP contribution in [0.25, 0.3) is 16.8 Å². The summed E-state index contributed by atoms with van der Waals surface area (Å²) in [4.78, 5) is 2.28. The number of nitrogens with one attached hydrogen (secondary N) is 2. The van der Waals surface area contributed by atoms with E-state index in [2.05, 4.69) is 96.0 Å². The van der Waals surface area contributed by atoms with Gasteiger partial charge in [-0.2, -0.15) is 5.10 Å². The largest absolute Gasteiger partial charge is 0.308 e. The number of aryl methyl sites for hydroxylation is 2. The topological polar surface area (TPSA) is 51.5 Å². The predicted molar refractivity (Wildman–Crippen MR) is 161 cm³/mol. The fraction of sp³-hybridized carbons (Fsp3) is 0.0588.